The average molecular weight is 213 g/mol. The van der Waals surface area contributed by atoms with E-state index < -0.39 is 0 Å². The van der Waals surface area contributed by atoms with E-state index in [1.165, 1.54) is 0 Å². The topological polar surface area (TPSA) is 42.2 Å². The maximum absolute atomic E-state index is 8.67. The van der Waals surface area contributed by atoms with Crippen LogP contribution in [0.5, 0.6) is 0 Å². The molecule has 0 spiro atoms. The number of nitriles is 1. The van der Waals surface area contributed by atoms with E-state index in [1.54, 1.807) is 0 Å². The lowest BCUT2D eigenvalue weighted by Crippen LogP contribution is -2.06. The van der Waals surface area contributed by atoms with E-state index in [4.69, 9.17) is 14.7 Å². The lowest BCUT2D eigenvalue weighted by molar-refractivity contribution is 0.120. The molecule has 0 heterocycles. The van der Waals surface area contributed by atoms with Crippen molar-refractivity contribution < 1.29 is 9.47 Å². The van der Waals surface area contributed by atoms with Crippen LogP contribution in [0.4, 0.5) is 0 Å². The second kappa shape index (κ2) is 11.5. The fraction of sp³-hybridized carbons (Fsp3) is 0.917. The molecule has 1 atom stereocenters. The van der Waals surface area contributed by atoms with Gasteiger partial charge in [-0.25, -0.2) is 0 Å². The molecular formula is C12H23NO2. The Hall–Kier alpha value is -0.590. The summed E-state index contributed by atoms with van der Waals surface area (Å²) < 4.78 is 10.6. The van der Waals surface area contributed by atoms with Gasteiger partial charge < -0.3 is 9.47 Å². The Morgan fingerprint density at radius 1 is 1.07 bits per heavy atom. The summed E-state index contributed by atoms with van der Waals surface area (Å²) in [4.78, 5) is 0. The fourth-order valence-corrected chi connectivity index (χ4v) is 1.49. The molecular weight excluding hydrogens is 190 g/mol. The first-order valence-electron chi connectivity index (χ1n) is 5.87. The molecule has 0 aliphatic rings. The molecule has 0 saturated carbocycles. The second-order valence-corrected chi connectivity index (χ2v) is 3.55. The van der Waals surface area contributed by atoms with Crippen LogP contribution in [0.3, 0.4) is 0 Å². The molecule has 0 radical (unpaired) electrons. The third kappa shape index (κ3) is 9.71. The molecule has 0 aliphatic carbocycles. The Kier molecular flexibility index (Phi) is 11.0. The molecule has 0 amide bonds. The maximum atomic E-state index is 8.67. The Bertz CT molecular complexity index is 165. The maximum Gasteiger partial charge on any atom is 0.0624 e. The molecule has 1 unspecified atom stereocenters. The van der Waals surface area contributed by atoms with Gasteiger partial charge in [-0.1, -0.05) is 0 Å². The van der Waals surface area contributed by atoms with Gasteiger partial charge in [0, 0.05) is 32.8 Å². The van der Waals surface area contributed by atoms with Crippen LogP contribution in [-0.2, 0) is 9.47 Å². The minimum atomic E-state index is 0.474. The predicted molar refractivity (Wildman–Crippen MR) is 60.6 cm³/mol. The van der Waals surface area contributed by atoms with Crippen LogP contribution >= 0.6 is 0 Å². The highest BCUT2D eigenvalue weighted by Gasteiger charge is 2.07. The summed E-state index contributed by atoms with van der Waals surface area (Å²) in [6, 6.07) is 2.24. The van der Waals surface area contributed by atoms with Crippen LogP contribution in [0.15, 0.2) is 0 Å². The van der Waals surface area contributed by atoms with Crippen molar-refractivity contribution in [3.8, 4) is 6.07 Å². The van der Waals surface area contributed by atoms with Gasteiger partial charge in [0.2, 0.25) is 0 Å². The Labute approximate surface area is 93.4 Å². The average Bonchev–Trinajstić information content (AvgIpc) is 2.24. The first-order chi connectivity index (χ1) is 7.35. The molecule has 0 aromatic carbocycles. The van der Waals surface area contributed by atoms with Crippen molar-refractivity contribution in [3.63, 3.8) is 0 Å². The van der Waals surface area contributed by atoms with Crippen LogP contribution in [0.2, 0.25) is 0 Å². The Balaban J connectivity index is 3.50. The van der Waals surface area contributed by atoms with Crippen LogP contribution in [0, 0.1) is 17.2 Å². The van der Waals surface area contributed by atoms with E-state index >= 15 is 0 Å². The number of hydrogen-bond acceptors (Lipinski definition) is 3. The van der Waals surface area contributed by atoms with E-state index in [0.29, 0.717) is 12.3 Å². The third-order valence-corrected chi connectivity index (χ3v) is 2.36. The standard InChI is InChI=1S/C12H23NO2/c1-3-14-10-5-6-12(7-9-13)8-11-15-4-2/h12H,3-8,10-11H2,1-2H3. The second-order valence-electron chi connectivity index (χ2n) is 3.55. The number of nitrogens with zero attached hydrogens (tertiary/aromatic N) is 1. The van der Waals surface area contributed by atoms with Gasteiger partial charge in [-0.3, -0.25) is 0 Å². The van der Waals surface area contributed by atoms with Crippen molar-refractivity contribution in [1.29, 1.82) is 5.26 Å². The molecule has 88 valence electrons. The molecule has 0 fully saturated rings. The normalized spacial score (nSPS) is 12.3. The van der Waals surface area contributed by atoms with E-state index in [1.807, 2.05) is 13.8 Å². The SMILES string of the molecule is CCOCCCC(CC#N)CCOCC. The highest BCUT2D eigenvalue weighted by molar-refractivity contribution is 4.75. The number of rotatable bonds is 10. The van der Waals surface area contributed by atoms with E-state index in [9.17, 15) is 0 Å². The van der Waals surface area contributed by atoms with Crippen molar-refractivity contribution in [2.24, 2.45) is 5.92 Å². The van der Waals surface area contributed by atoms with E-state index in [0.717, 1.165) is 45.7 Å². The lowest BCUT2D eigenvalue weighted by atomic mass is 9.97. The molecule has 0 aromatic rings. The Morgan fingerprint density at radius 3 is 2.33 bits per heavy atom. The number of ether oxygens (including phenoxy) is 2. The van der Waals surface area contributed by atoms with Gasteiger partial charge in [0.25, 0.3) is 0 Å². The zero-order valence-electron chi connectivity index (χ0n) is 10.00. The van der Waals surface area contributed by atoms with Crippen LogP contribution in [0.25, 0.3) is 0 Å². The monoisotopic (exact) mass is 213 g/mol. The minimum Gasteiger partial charge on any atom is -0.382 e. The molecule has 0 N–H and O–H groups in total. The lowest BCUT2D eigenvalue weighted by Gasteiger charge is -2.13. The summed E-state index contributed by atoms with van der Waals surface area (Å²) in [5.74, 6) is 0.474. The summed E-state index contributed by atoms with van der Waals surface area (Å²) in [5.41, 5.74) is 0. The first kappa shape index (κ1) is 14.4. The van der Waals surface area contributed by atoms with Crippen LogP contribution in [0.1, 0.15) is 39.5 Å². The Morgan fingerprint density at radius 2 is 1.73 bits per heavy atom. The van der Waals surface area contributed by atoms with Crippen molar-refractivity contribution in [3.05, 3.63) is 0 Å². The van der Waals surface area contributed by atoms with Gasteiger partial charge in [0.1, 0.15) is 0 Å². The zero-order chi connectivity index (χ0) is 11.4. The predicted octanol–water partition coefficient (Wildman–Crippen LogP) is 2.76. The van der Waals surface area contributed by atoms with Crippen molar-refractivity contribution in [2.75, 3.05) is 26.4 Å². The van der Waals surface area contributed by atoms with Gasteiger partial charge in [0.15, 0.2) is 0 Å². The molecule has 3 nitrogen and oxygen atoms in total. The molecule has 15 heavy (non-hydrogen) atoms. The van der Waals surface area contributed by atoms with Gasteiger partial charge in [-0.05, 0) is 39.0 Å². The molecule has 0 bridgehead atoms. The van der Waals surface area contributed by atoms with Gasteiger partial charge >= 0.3 is 0 Å². The van der Waals surface area contributed by atoms with Crippen molar-refractivity contribution in [1.82, 2.24) is 0 Å². The van der Waals surface area contributed by atoms with Gasteiger partial charge in [-0.15, -0.1) is 0 Å². The van der Waals surface area contributed by atoms with E-state index in [2.05, 4.69) is 6.07 Å². The van der Waals surface area contributed by atoms with Crippen molar-refractivity contribution >= 4 is 0 Å². The third-order valence-electron chi connectivity index (χ3n) is 2.36. The molecule has 0 rings (SSSR count). The largest absolute Gasteiger partial charge is 0.382 e. The zero-order valence-corrected chi connectivity index (χ0v) is 10.00. The highest BCUT2D eigenvalue weighted by Crippen LogP contribution is 2.15. The molecule has 0 aliphatic heterocycles. The van der Waals surface area contributed by atoms with Crippen LogP contribution < -0.4 is 0 Å². The summed E-state index contributed by atoms with van der Waals surface area (Å²) >= 11 is 0. The summed E-state index contributed by atoms with van der Waals surface area (Å²) in [6.07, 6.45) is 3.75. The summed E-state index contributed by atoms with van der Waals surface area (Å²) in [5, 5.41) is 8.67. The summed E-state index contributed by atoms with van der Waals surface area (Å²) in [7, 11) is 0. The summed E-state index contributed by atoms with van der Waals surface area (Å²) in [6.45, 7) is 7.13. The smallest absolute Gasteiger partial charge is 0.0624 e. The van der Waals surface area contributed by atoms with E-state index in [-0.39, 0.29) is 0 Å². The van der Waals surface area contributed by atoms with Crippen molar-refractivity contribution in [2.45, 2.75) is 39.5 Å². The first-order valence-corrected chi connectivity index (χ1v) is 5.87. The van der Waals surface area contributed by atoms with Gasteiger partial charge in [-0.2, -0.15) is 5.26 Å². The molecule has 0 saturated heterocycles. The van der Waals surface area contributed by atoms with Gasteiger partial charge in [0.05, 0.1) is 6.07 Å². The highest BCUT2D eigenvalue weighted by atomic mass is 16.5. The molecule has 3 heteroatoms. The van der Waals surface area contributed by atoms with Crippen LogP contribution in [-0.4, -0.2) is 26.4 Å². The fourth-order valence-electron chi connectivity index (χ4n) is 1.49. The number of hydrogen-bond donors (Lipinski definition) is 0. The quantitative estimate of drug-likeness (QED) is 0.524. The molecule has 0 aromatic heterocycles. The minimum absolute atomic E-state index is 0.474.